The third-order valence-electron chi connectivity index (χ3n) is 5.73. The number of methoxy groups -OCH3 is 1. The molecule has 35 heavy (non-hydrogen) atoms. The summed E-state index contributed by atoms with van der Waals surface area (Å²) in [5, 5.41) is 11.9. The van der Waals surface area contributed by atoms with Crippen LogP contribution < -0.4 is 9.64 Å². The topological polar surface area (TPSA) is 80.0 Å². The van der Waals surface area contributed by atoms with E-state index in [-0.39, 0.29) is 32.6 Å². The first-order chi connectivity index (χ1) is 16.8. The summed E-state index contributed by atoms with van der Waals surface area (Å²) < 4.78 is 26.0. The summed E-state index contributed by atoms with van der Waals surface area (Å²) in [6, 6.07) is 15.3. The second-order valence-corrected chi connectivity index (χ2v) is 8.68. The van der Waals surface area contributed by atoms with Crippen LogP contribution in [0.5, 0.6) is 5.75 Å². The van der Waals surface area contributed by atoms with E-state index in [4.69, 9.17) is 32.4 Å². The van der Waals surface area contributed by atoms with Crippen LogP contribution in [-0.2, 0) is 4.79 Å². The van der Waals surface area contributed by atoms with E-state index < -0.39 is 29.3 Å². The van der Waals surface area contributed by atoms with E-state index in [1.54, 1.807) is 24.3 Å². The molecule has 0 radical (unpaired) electrons. The lowest BCUT2D eigenvalue weighted by molar-refractivity contribution is -0.117. The molecule has 0 spiro atoms. The van der Waals surface area contributed by atoms with Gasteiger partial charge in [0, 0.05) is 26.7 Å². The van der Waals surface area contributed by atoms with Crippen LogP contribution in [0, 0.1) is 5.82 Å². The van der Waals surface area contributed by atoms with E-state index in [9.17, 15) is 14.7 Å². The first-order valence-electron chi connectivity index (χ1n) is 10.4. The van der Waals surface area contributed by atoms with Crippen molar-refractivity contribution < 1.29 is 28.2 Å². The van der Waals surface area contributed by atoms with Crippen LogP contribution in [0.3, 0.4) is 0 Å². The van der Waals surface area contributed by atoms with Gasteiger partial charge in [0.1, 0.15) is 5.82 Å². The van der Waals surface area contributed by atoms with Gasteiger partial charge in [0.15, 0.2) is 22.9 Å². The second kappa shape index (κ2) is 8.76. The van der Waals surface area contributed by atoms with Crippen molar-refractivity contribution in [2.45, 2.75) is 6.04 Å². The van der Waals surface area contributed by atoms with Gasteiger partial charge in [0.25, 0.3) is 5.91 Å². The Kier molecular flexibility index (Phi) is 5.75. The number of hydrogen-bond acceptors (Lipinski definition) is 5. The Labute approximate surface area is 208 Å². The van der Waals surface area contributed by atoms with Gasteiger partial charge in [-0.3, -0.25) is 14.5 Å². The smallest absolute Gasteiger partial charge is 0.294 e. The summed E-state index contributed by atoms with van der Waals surface area (Å²) in [7, 11) is 1.46. The lowest BCUT2D eigenvalue weighted by Gasteiger charge is -2.27. The standard InChI is InChI=1S/C26H16Cl2FNO5/c1-34-19-8-4-5-13-9-20(35-25(13)19)23(31)21-22(17-6-2-3-7-18(17)29)30(26(33)24(21)32)16-11-14(27)10-15(28)12-16/h2-12,22,32H,1H3. The highest BCUT2D eigenvalue weighted by Gasteiger charge is 2.46. The molecule has 1 atom stereocenters. The molecule has 176 valence electrons. The van der Waals surface area contributed by atoms with Crippen LogP contribution in [0.4, 0.5) is 10.1 Å². The van der Waals surface area contributed by atoms with Crippen molar-refractivity contribution in [1.82, 2.24) is 0 Å². The number of carbonyl (C=O) groups is 2. The zero-order valence-corrected chi connectivity index (χ0v) is 19.6. The van der Waals surface area contributed by atoms with Crippen molar-refractivity contribution in [3.63, 3.8) is 0 Å². The minimum Gasteiger partial charge on any atom is -0.503 e. The molecule has 4 aromatic rings. The molecule has 1 unspecified atom stereocenters. The van der Waals surface area contributed by atoms with Crippen LogP contribution in [0.25, 0.3) is 11.0 Å². The maximum absolute atomic E-state index is 15.0. The van der Waals surface area contributed by atoms with Crippen LogP contribution in [0.15, 0.2) is 82.5 Å². The number of carbonyl (C=O) groups excluding carboxylic acids is 2. The summed E-state index contributed by atoms with van der Waals surface area (Å²) in [5.74, 6) is -2.93. The largest absolute Gasteiger partial charge is 0.503 e. The fourth-order valence-electron chi connectivity index (χ4n) is 4.21. The molecule has 1 aliphatic rings. The van der Waals surface area contributed by atoms with Gasteiger partial charge in [0.05, 0.1) is 18.7 Å². The fraction of sp³-hybridized carbons (Fsp3) is 0.0769. The molecule has 0 fully saturated rings. The summed E-state index contributed by atoms with van der Waals surface area (Å²) in [5.41, 5.74) is 0.164. The molecule has 5 rings (SSSR count). The minimum absolute atomic E-state index is 0.00182. The molecular formula is C26H16Cl2FNO5. The highest BCUT2D eigenvalue weighted by molar-refractivity contribution is 6.35. The van der Waals surface area contributed by atoms with Gasteiger partial charge in [-0.25, -0.2) is 4.39 Å². The highest BCUT2D eigenvalue weighted by atomic mass is 35.5. The molecule has 6 nitrogen and oxygen atoms in total. The Balaban J connectivity index is 1.70. The number of hydrogen-bond donors (Lipinski definition) is 1. The van der Waals surface area contributed by atoms with Crippen LogP contribution in [0.2, 0.25) is 10.0 Å². The van der Waals surface area contributed by atoms with E-state index in [0.29, 0.717) is 16.7 Å². The summed E-state index contributed by atoms with van der Waals surface area (Å²) in [4.78, 5) is 28.0. The normalized spacial score (nSPS) is 15.8. The number of Topliss-reactive ketones (excluding diaryl/α,β-unsaturated/α-hetero) is 1. The number of aliphatic hydroxyl groups excluding tert-OH is 1. The zero-order valence-electron chi connectivity index (χ0n) is 18.1. The molecule has 0 saturated heterocycles. The molecular weight excluding hydrogens is 496 g/mol. The van der Waals surface area contributed by atoms with Gasteiger partial charge >= 0.3 is 0 Å². The number of anilines is 1. The number of halogens is 3. The Bertz CT molecular complexity index is 1520. The van der Waals surface area contributed by atoms with Crippen molar-refractivity contribution in [1.29, 1.82) is 0 Å². The zero-order chi connectivity index (χ0) is 24.9. The van der Waals surface area contributed by atoms with E-state index in [1.165, 1.54) is 49.6 Å². The Morgan fingerprint density at radius 2 is 1.77 bits per heavy atom. The van der Waals surface area contributed by atoms with E-state index in [0.717, 1.165) is 4.90 Å². The number of ether oxygens (including phenoxy) is 1. The number of para-hydroxylation sites is 1. The van der Waals surface area contributed by atoms with Gasteiger partial charge in [-0.05, 0) is 36.4 Å². The monoisotopic (exact) mass is 511 g/mol. The summed E-state index contributed by atoms with van der Waals surface area (Å²) in [6.07, 6.45) is 0. The first-order valence-corrected chi connectivity index (χ1v) is 11.1. The lowest BCUT2D eigenvalue weighted by Crippen LogP contribution is -2.31. The van der Waals surface area contributed by atoms with Crippen molar-refractivity contribution >= 4 is 51.5 Å². The molecule has 0 aliphatic carbocycles. The van der Waals surface area contributed by atoms with Gasteiger partial charge in [0.2, 0.25) is 5.78 Å². The number of nitrogens with zero attached hydrogens (tertiary/aromatic N) is 1. The number of fused-ring (bicyclic) bond motifs is 1. The fourth-order valence-corrected chi connectivity index (χ4v) is 4.73. The molecule has 9 heteroatoms. The number of rotatable bonds is 5. The second-order valence-electron chi connectivity index (χ2n) is 7.81. The quantitative estimate of drug-likeness (QED) is 0.302. The maximum atomic E-state index is 15.0. The number of furan rings is 1. The molecule has 2 heterocycles. The molecule has 1 N–H and O–H groups in total. The number of benzene rings is 3. The molecule has 1 aliphatic heterocycles. The molecule has 0 saturated carbocycles. The minimum atomic E-state index is -1.30. The molecule has 1 amide bonds. The van der Waals surface area contributed by atoms with Crippen LogP contribution >= 0.6 is 23.2 Å². The average molecular weight is 512 g/mol. The molecule has 3 aromatic carbocycles. The number of ketones is 1. The van der Waals surface area contributed by atoms with Gasteiger partial charge < -0.3 is 14.3 Å². The van der Waals surface area contributed by atoms with E-state index in [2.05, 4.69) is 0 Å². The lowest BCUT2D eigenvalue weighted by atomic mass is 9.94. The summed E-state index contributed by atoms with van der Waals surface area (Å²) in [6.45, 7) is 0. The van der Waals surface area contributed by atoms with Crippen molar-refractivity contribution in [3.05, 3.63) is 105 Å². The van der Waals surface area contributed by atoms with Crippen LogP contribution in [-0.4, -0.2) is 23.9 Å². The predicted molar refractivity (Wildman–Crippen MR) is 130 cm³/mol. The number of amides is 1. The Morgan fingerprint density at radius 1 is 1.06 bits per heavy atom. The van der Waals surface area contributed by atoms with Gasteiger partial charge in [-0.2, -0.15) is 0 Å². The average Bonchev–Trinajstić information content (AvgIpc) is 3.37. The van der Waals surface area contributed by atoms with E-state index in [1.807, 2.05) is 0 Å². The maximum Gasteiger partial charge on any atom is 0.294 e. The van der Waals surface area contributed by atoms with Crippen molar-refractivity contribution in [3.8, 4) is 5.75 Å². The van der Waals surface area contributed by atoms with Gasteiger partial charge in [-0.1, -0.05) is 53.5 Å². The van der Waals surface area contributed by atoms with Crippen molar-refractivity contribution in [2.75, 3.05) is 12.0 Å². The SMILES string of the molecule is COc1cccc2cc(C(=O)C3=C(O)C(=O)N(c4cc(Cl)cc(Cl)c4)C3c3ccccc3F)oc12. The molecule has 1 aromatic heterocycles. The van der Waals surface area contributed by atoms with Crippen molar-refractivity contribution in [2.24, 2.45) is 0 Å². The third-order valence-corrected chi connectivity index (χ3v) is 6.17. The Morgan fingerprint density at radius 3 is 2.46 bits per heavy atom. The van der Waals surface area contributed by atoms with Crippen LogP contribution in [0.1, 0.15) is 22.2 Å². The van der Waals surface area contributed by atoms with Gasteiger partial charge in [-0.15, -0.1) is 0 Å². The molecule has 0 bridgehead atoms. The number of aliphatic hydroxyl groups is 1. The summed E-state index contributed by atoms with van der Waals surface area (Å²) >= 11 is 12.3. The van der Waals surface area contributed by atoms with E-state index >= 15 is 4.39 Å². The highest BCUT2D eigenvalue weighted by Crippen LogP contribution is 2.44. The Hall–Kier alpha value is -3.81. The first kappa shape index (κ1) is 23.0. The third kappa shape index (κ3) is 3.83. The predicted octanol–water partition coefficient (Wildman–Crippen LogP) is 6.67.